The molecule has 17 heavy (non-hydrogen) atoms. The van der Waals surface area contributed by atoms with Crippen LogP contribution in [0.4, 0.5) is 8.78 Å². The summed E-state index contributed by atoms with van der Waals surface area (Å²) < 4.78 is 27.9. The van der Waals surface area contributed by atoms with Crippen molar-refractivity contribution in [2.24, 2.45) is 0 Å². The van der Waals surface area contributed by atoms with Gasteiger partial charge in [0.1, 0.15) is 12.5 Å². The lowest BCUT2D eigenvalue weighted by atomic mass is 10.1. The number of benzene rings is 1. The van der Waals surface area contributed by atoms with E-state index in [9.17, 15) is 8.78 Å². The molecule has 94 valence electrons. The quantitative estimate of drug-likeness (QED) is 0.841. The van der Waals surface area contributed by atoms with E-state index in [1.165, 1.54) is 6.07 Å². The number of alkyl halides is 1. The minimum absolute atomic E-state index is 0.313. The first kappa shape index (κ1) is 13.2. The topological polar surface area (TPSA) is 15.3 Å². The molecule has 0 bridgehead atoms. The Labute approximate surface area is 114 Å². The summed E-state index contributed by atoms with van der Waals surface area (Å²) in [7, 11) is 0. The van der Waals surface area contributed by atoms with Gasteiger partial charge < -0.3 is 5.32 Å². The molecular formula is C12H15F2IN2. The smallest absolute Gasteiger partial charge is 0.128 e. The van der Waals surface area contributed by atoms with Gasteiger partial charge in [0.15, 0.2) is 0 Å². The van der Waals surface area contributed by atoms with Crippen molar-refractivity contribution in [1.29, 1.82) is 0 Å². The van der Waals surface area contributed by atoms with E-state index >= 15 is 0 Å². The van der Waals surface area contributed by atoms with Gasteiger partial charge in [0.2, 0.25) is 0 Å². The Morgan fingerprint density at radius 2 is 2.06 bits per heavy atom. The highest BCUT2D eigenvalue weighted by molar-refractivity contribution is 14.1. The number of nitrogens with one attached hydrogen (secondary N) is 1. The zero-order chi connectivity index (χ0) is 12.3. The van der Waals surface area contributed by atoms with Gasteiger partial charge in [-0.15, -0.1) is 0 Å². The third kappa shape index (κ3) is 3.14. The van der Waals surface area contributed by atoms with E-state index in [1.54, 1.807) is 12.1 Å². The van der Waals surface area contributed by atoms with Gasteiger partial charge in [0, 0.05) is 35.3 Å². The molecule has 1 aromatic rings. The van der Waals surface area contributed by atoms with Crippen LogP contribution in [0.5, 0.6) is 0 Å². The Morgan fingerprint density at radius 1 is 1.35 bits per heavy atom. The highest BCUT2D eigenvalue weighted by Crippen LogP contribution is 2.25. The van der Waals surface area contributed by atoms with Crippen molar-refractivity contribution in [2.75, 3.05) is 32.9 Å². The fraction of sp³-hybridized carbons (Fsp3) is 0.500. The van der Waals surface area contributed by atoms with Crippen LogP contribution in [0.3, 0.4) is 0 Å². The number of hydrogen-bond acceptors (Lipinski definition) is 2. The van der Waals surface area contributed by atoms with Crippen molar-refractivity contribution in [1.82, 2.24) is 10.2 Å². The van der Waals surface area contributed by atoms with Crippen LogP contribution < -0.4 is 5.32 Å². The van der Waals surface area contributed by atoms with E-state index in [1.807, 2.05) is 4.90 Å². The van der Waals surface area contributed by atoms with E-state index in [-0.39, 0.29) is 5.82 Å². The normalized spacial score (nSPS) is 19.2. The molecule has 2 nitrogen and oxygen atoms in total. The van der Waals surface area contributed by atoms with E-state index in [4.69, 9.17) is 0 Å². The zero-order valence-electron chi connectivity index (χ0n) is 9.43. The molecule has 1 aliphatic rings. The maximum atomic E-state index is 13.7. The molecule has 1 heterocycles. The van der Waals surface area contributed by atoms with E-state index in [0.717, 1.165) is 29.7 Å². The monoisotopic (exact) mass is 352 g/mol. The Hall–Kier alpha value is -0.270. The second kappa shape index (κ2) is 6.06. The lowest BCUT2D eigenvalue weighted by Gasteiger charge is -2.33. The van der Waals surface area contributed by atoms with Gasteiger partial charge in [-0.2, -0.15) is 0 Å². The molecule has 0 aliphatic carbocycles. The first-order chi connectivity index (χ1) is 8.22. The van der Waals surface area contributed by atoms with Gasteiger partial charge in [-0.1, -0.05) is 0 Å². The molecule has 0 radical (unpaired) electrons. The average molecular weight is 352 g/mol. The zero-order valence-corrected chi connectivity index (χ0v) is 11.6. The average Bonchev–Trinajstić information content (AvgIpc) is 2.36. The van der Waals surface area contributed by atoms with Crippen LogP contribution in [-0.4, -0.2) is 37.8 Å². The number of halogens is 3. The van der Waals surface area contributed by atoms with E-state index < -0.39 is 12.7 Å². The van der Waals surface area contributed by atoms with Gasteiger partial charge in [0.25, 0.3) is 0 Å². The lowest BCUT2D eigenvalue weighted by Crippen LogP contribution is -2.45. The molecule has 1 aromatic carbocycles. The predicted octanol–water partition coefficient (Wildman–Crippen LogP) is 2.35. The van der Waals surface area contributed by atoms with Crippen LogP contribution in [0.1, 0.15) is 11.6 Å². The van der Waals surface area contributed by atoms with Crippen molar-refractivity contribution in [3.05, 3.63) is 33.1 Å². The summed E-state index contributed by atoms with van der Waals surface area (Å²) in [6.07, 6.45) is 0. The maximum absolute atomic E-state index is 13.7. The third-order valence-electron chi connectivity index (χ3n) is 3.06. The highest BCUT2D eigenvalue weighted by Gasteiger charge is 2.24. The molecule has 1 atom stereocenters. The summed E-state index contributed by atoms with van der Waals surface area (Å²) in [5.74, 6) is -0.313. The van der Waals surface area contributed by atoms with E-state index in [0.29, 0.717) is 5.56 Å². The highest BCUT2D eigenvalue weighted by atomic mass is 127. The van der Waals surface area contributed by atoms with Crippen LogP contribution in [0.15, 0.2) is 18.2 Å². The van der Waals surface area contributed by atoms with Crippen molar-refractivity contribution >= 4 is 22.6 Å². The van der Waals surface area contributed by atoms with Crippen molar-refractivity contribution in [2.45, 2.75) is 6.04 Å². The molecule has 1 saturated heterocycles. The fourth-order valence-electron chi connectivity index (χ4n) is 2.14. The van der Waals surface area contributed by atoms with Crippen molar-refractivity contribution in [3.8, 4) is 0 Å². The van der Waals surface area contributed by atoms with Crippen LogP contribution in [0.2, 0.25) is 0 Å². The van der Waals surface area contributed by atoms with Crippen LogP contribution in [-0.2, 0) is 0 Å². The molecule has 0 amide bonds. The molecule has 1 aliphatic heterocycles. The van der Waals surface area contributed by atoms with Gasteiger partial charge in [-0.05, 0) is 40.8 Å². The lowest BCUT2D eigenvalue weighted by molar-refractivity contribution is 0.144. The number of nitrogens with zero attached hydrogens (tertiary/aromatic N) is 1. The molecular weight excluding hydrogens is 337 g/mol. The minimum Gasteiger partial charge on any atom is -0.314 e. The molecule has 0 saturated carbocycles. The van der Waals surface area contributed by atoms with Crippen LogP contribution in [0, 0.1) is 9.39 Å². The predicted molar refractivity (Wildman–Crippen MR) is 72.3 cm³/mol. The molecule has 0 aromatic heterocycles. The molecule has 1 N–H and O–H groups in total. The van der Waals surface area contributed by atoms with Gasteiger partial charge in [-0.3, -0.25) is 4.90 Å². The fourth-order valence-corrected chi connectivity index (χ4v) is 2.66. The van der Waals surface area contributed by atoms with Crippen LogP contribution >= 0.6 is 22.6 Å². The summed E-state index contributed by atoms with van der Waals surface area (Å²) in [4.78, 5) is 2.00. The first-order valence-electron chi connectivity index (χ1n) is 5.68. The molecule has 2 rings (SSSR count). The number of piperazine rings is 1. The maximum Gasteiger partial charge on any atom is 0.128 e. The largest absolute Gasteiger partial charge is 0.314 e. The van der Waals surface area contributed by atoms with Crippen molar-refractivity contribution < 1.29 is 8.78 Å². The van der Waals surface area contributed by atoms with E-state index in [2.05, 4.69) is 27.9 Å². The Bertz CT molecular complexity index is 381. The first-order valence-corrected chi connectivity index (χ1v) is 6.76. The Morgan fingerprint density at radius 3 is 2.71 bits per heavy atom. The minimum atomic E-state index is -0.545. The SMILES string of the molecule is FC[C@@H](c1cc(I)ccc1F)N1CCNCC1. The third-order valence-corrected chi connectivity index (χ3v) is 3.73. The van der Waals surface area contributed by atoms with Crippen LogP contribution in [0.25, 0.3) is 0 Å². The summed E-state index contributed by atoms with van der Waals surface area (Å²) in [5, 5.41) is 3.21. The summed E-state index contributed by atoms with van der Waals surface area (Å²) in [5.41, 5.74) is 0.473. The number of hydrogen-bond donors (Lipinski definition) is 1. The molecule has 0 unspecified atom stereocenters. The van der Waals surface area contributed by atoms with Gasteiger partial charge in [-0.25, -0.2) is 8.78 Å². The summed E-state index contributed by atoms with van der Waals surface area (Å²) >= 11 is 2.12. The summed E-state index contributed by atoms with van der Waals surface area (Å²) in [6.45, 7) is 2.65. The van der Waals surface area contributed by atoms with Gasteiger partial charge >= 0.3 is 0 Å². The molecule has 0 spiro atoms. The van der Waals surface area contributed by atoms with Crippen molar-refractivity contribution in [3.63, 3.8) is 0 Å². The number of rotatable bonds is 3. The standard InChI is InChI=1S/C12H15F2IN2/c13-8-12(17-5-3-16-4-6-17)10-7-9(15)1-2-11(10)14/h1-2,7,12,16H,3-6,8H2/t12-/m0/s1. The second-order valence-corrected chi connectivity index (χ2v) is 5.37. The summed E-state index contributed by atoms with van der Waals surface area (Å²) in [6, 6.07) is 4.41. The molecule has 5 heteroatoms. The Kier molecular flexibility index (Phi) is 4.69. The second-order valence-electron chi connectivity index (χ2n) is 4.12. The Balaban J connectivity index is 2.24. The van der Waals surface area contributed by atoms with Gasteiger partial charge in [0.05, 0.1) is 6.04 Å². The molecule has 1 fully saturated rings.